The number of ether oxygens (including phenoxy) is 3. The second-order valence-corrected chi connectivity index (χ2v) is 15.2. The van der Waals surface area contributed by atoms with Crippen molar-refractivity contribution in [2.24, 2.45) is 5.92 Å². The lowest BCUT2D eigenvalue weighted by Gasteiger charge is -2.42. The Morgan fingerprint density at radius 3 is 2.32 bits per heavy atom. The van der Waals surface area contributed by atoms with Crippen molar-refractivity contribution in [3.63, 3.8) is 0 Å². The molecule has 0 aliphatic carbocycles. The van der Waals surface area contributed by atoms with Crippen molar-refractivity contribution in [2.45, 2.75) is 63.7 Å². The van der Waals surface area contributed by atoms with Crippen LogP contribution in [0, 0.1) is 5.92 Å². The highest BCUT2D eigenvalue weighted by atomic mass is 16.7. The van der Waals surface area contributed by atoms with E-state index in [2.05, 4.69) is 12.2 Å². The molecule has 2 saturated heterocycles. The van der Waals surface area contributed by atoms with E-state index in [-0.39, 0.29) is 56.0 Å². The Labute approximate surface area is 343 Å². The molecule has 12 heteroatoms. The zero-order valence-electron chi connectivity index (χ0n) is 33.0. The maximum absolute atomic E-state index is 13.4. The highest BCUT2D eigenvalue weighted by Crippen LogP contribution is 2.42. The molecule has 2 aliphatic rings. The summed E-state index contributed by atoms with van der Waals surface area (Å²) < 4.78 is 18.6. The van der Waals surface area contributed by atoms with Gasteiger partial charge >= 0.3 is 6.09 Å². The van der Waals surface area contributed by atoms with Crippen molar-refractivity contribution in [3.05, 3.63) is 161 Å². The van der Waals surface area contributed by atoms with Gasteiger partial charge in [-0.05, 0) is 58.1 Å². The molecule has 0 radical (unpaired) electrons. The monoisotopic (exact) mass is 799 g/mol. The first kappa shape index (κ1) is 41.3. The predicted molar refractivity (Wildman–Crippen MR) is 219 cm³/mol. The molecule has 59 heavy (non-hydrogen) atoms. The number of likely N-dealkylation sites (tertiary alicyclic amines) is 1. The summed E-state index contributed by atoms with van der Waals surface area (Å²) in [6.07, 6.45) is -3.10. The number of amides is 3. The van der Waals surface area contributed by atoms with Gasteiger partial charge in [-0.1, -0.05) is 122 Å². The minimum Gasteiger partial charge on any atom is -0.508 e. The van der Waals surface area contributed by atoms with Crippen LogP contribution in [0.5, 0.6) is 5.75 Å². The van der Waals surface area contributed by atoms with E-state index in [9.17, 15) is 29.7 Å². The number of hydrogen-bond donors (Lipinski definition) is 4. The van der Waals surface area contributed by atoms with Crippen LogP contribution in [0.15, 0.2) is 127 Å². The molecule has 1 unspecified atom stereocenters. The van der Waals surface area contributed by atoms with Crippen LogP contribution >= 0.6 is 0 Å². The maximum Gasteiger partial charge on any atom is 0.408 e. The molecule has 2 fully saturated rings. The number of benzene rings is 5. The number of rotatable bonds is 14. The fraction of sp³-hybridized carbons (Fsp3) is 0.298. The number of likely N-dealkylation sites (N-methyl/N-ethyl adjacent to an activating group) is 1. The van der Waals surface area contributed by atoms with Crippen LogP contribution < -0.4 is 5.32 Å². The summed E-state index contributed by atoms with van der Waals surface area (Å²) in [5.41, 5.74) is 6.43. The first-order valence-corrected chi connectivity index (χ1v) is 19.7. The summed E-state index contributed by atoms with van der Waals surface area (Å²) in [7, 11) is 1.92. The predicted octanol–water partition coefficient (Wildman–Crippen LogP) is 6.56. The number of nitrogens with one attached hydrogen (secondary N) is 1. The number of aliphatic hydroxyl groups is 2. The van der Waals surface area contributed by atoms with Gasteiger partial charge in [0.25, 0.3) is 5.91 Å². The Morgan fingerprint density at radius 1 is 0.881 bits per heavy atom. The van der Waals surface area contributed by atoms with Crippen LogP contribution in [-0.2, 0) is 43.6 Å². The van der Waals surface area contributed by atoms with Gasteiger partial charge in [0.1, 0.15) is 18.4 Å². The minimum atomic E-state index is -1.01. The van der Waals surface area contributed by atoms with E-state index in [1.165, 1.54) is 4.90 Å². The first-order chi connectivity index (χ1) is 28.6. The van der Waals surface area contributed by atoms with Gasteiger partial charge in [0.15, 0.2) is 6.29 Å². The first-order valence-electron chi connectivity index (χ1n) is 19.7. The molecule has 4 N–H and O–H groups in total. The number of aromatic hydroxyl groups is 1. The van der Waals surface area contributed by atoms with E-state index in [0.717, 1.165) is 38.9 Å². The molecule has 7 rings (SSSR count). The molecule has 6 atom stereocenters. The Morgan fingerprint density at radius 2 is 1.59 bits per heavy atom. The molecule has 0 bridgehead atoms. The quantitative estimate of drug-likeness (QED) is 0.0907. The van der Waals surface area contributed by atoms with Gasteiger partial charge in [-0.2, -0.15) is 0 Å². The number of aliphatic hydroxyl groups excluding tert-OH is 2. The molecule has 2 aliphatic heterocycles. The van der Waals surface area contributed by atoms with E-state index in [1.54, 1.807) is 24.3 Å². The SMILES string of the molecule is C[C@@H]1[C@H](CN(C)C[C@@H](O)c2cccc(O)c2)O[C@H](c2ccc(-c3ccccc3CN3C(=O)CC(NC(=O)OCc4ccccc4)C3=O)cc2)O[C@@H]1c1ccc(CO)cc1. The third kappa shape index (κ3) is 10.0. The van der Waals surface area contributed by atoms with Gasteiger partial charge in [0, 0.05) is 24.6 Å². The Hall–Kier alpha value is -5.89. The van der Waals surface area contributed by atoms with Gasteiger partial charge in [-0.3, -0.25) is 14.5 Å². The largest absolute Gasteiger partial charge is 0.508 e. The maximum atomic E-state index is 13.4. The third-order valence-electron chi connectivity index (χ3n) is 10.9. The van der Waals surface area contributed by atoms with Crippen LogP contribution in [0.1, 0.15) is 65.2 Å². The smallest absolute Gasteiger partial charge is 0.408 e. The lowest BCUT2D eigenvalue weighted by molar-refractivity contribution is -0.276. The van der Waals surface area contributed by atoms with E-state index in [4.69, 9.17) is 14.2 Å². The number of phenolic OH excluding ortho intramolecular Hbond substituents is 1. The highest BCUT2D eigenvalue weighted by molar-refractivity contribution is 6.06. The molecule has 12 nitrogen and oxygen atoms in total. The standard InChI is InChI=1S/C47H49N3O9/c1-30-42(27-49(2)26-41(53)36-12-8-13-38(52)23-36)58-46(59-44(30)34-17-15-31(28-51)16-18-34)35-21-19-33(20-22-35)39-14-7-6-11-37(39)25-50-43(54)24-40(45(50)55)48-47(56)57-29-32-9-4-3-5-10-32/h3-23,30,40-42,44,46,51-53H,24-29H2,1-2H3,(H,48,56)/t30-,40?,41-,42+,44+,46+/m1/s1. The van der Waals surface area contributed by atoms with Gasteiger partial charge in [-0.25, -0.2) is 4.79 Å². The average molecular weight is 800 g/mol. The summed E-state index contributed by atoms with van der Waals surface area (Å²) in [5, 5.41) is 33.1. The lowest BCUT2D eigenvalue weighted by atomic mass is 9.90. The van der Waals surface area contributed by atoms with Crippen molar-refractivity contribution < 1.29 is 43.9 Å². The summed E-state index contributed by atoms with van der Waals surface area (Å²) in [6, 6.07) is 37.8. The molecular formula is C47H49N3O9. The molecule has 5 aromatic rings. The fourth-order valence-electron chi connectivity index (χ4n) is 7.64. The van der Waals surface area contributed by atoms with Crippen molar-refractivity contribution in [1.29, 1.82) is 0 Å². The van der Waals surface area contributed by atoms with Crippen molar-refractivity contribution in [2.75, 3.05) is 20.1 Å². The van der Waals surface area contributed by atoms with Crippen LogP contribution in [-0.4, -0.2) is 75.3 Å². The molecule has 2 heterocycles. The van der Waals surface area contributed by atoms with E-state index in [0.29, 0.717) is 18.7 Å². The number of hydrogen-bond acceptors (Lipinski definition) is 10. The molecular weight excluding hydrogens is 751 g/mol. The van der Waals surface area contributed by atoms with E-state index >= 15 is 0 Å². The average Bonchev–Trinajstić information content (AvgIpc) is 3.51. The van der Waals surface area contributed by atoms with Gasteiger partial charge in [-0.15, -0.1) is 0 Å². The number of phenols is 1. The fourth-order valence-corrected chi connectivity index (χ4v) is 7.64. The molecule has 0 saturated carbocycles. The Bertz CT molecular complexity index is 2220. The molecule has 306 valence electrons. The van der Waals surface area contributed by atoms with Gasteiger partial charge in [0.05, 0.1) is 37.9 Å². The van der Waals surface area contributed by atoms with Crippen LogP contribution in [0.4, 0.5) is 4.79 Å². The summed E-state index contributed by atoms with van der Waals surface area (Å²) >= 11 is 0. The summed E-state index contributed by atoms with van der Waals surface area (Å²) in [4.78, 5) is 42.1. The van der Waals surface area contributed by atoms with Crippen molar-refractivity contribution in [1.82, 2.24) is 15.1 Å². The molecule has 5 aromatic carbocycles. The normalized spacial score (nSPS) is 21.1. The zero-order chi connectivity index (χ0) is 41.5. The van der Waals surface area contributed by atoms with Crippen LogP contribution in [0.3, 0.4) is 0 Å². The lowest BCUT2D eigenvalue weighted by Crippen LogP contribution is -2.44. The molecule has 0 aromatic heterocycles. The topological polar surface area (TPSA) is 158 Å². The number of imide groups is 1. The number of carbonyl (C=O) groups excluding carboxylic acids is 3. The zero-order valence-corrected chi connectivity index (χ0v) is 33.0. The summed E-state index contributed by atoms with van der Waals surface area (Å²) in [6.45, 7) is 2.90. The van der Waals surface area contributed by atoms with Crippen molar-refractivity contribution >= 4 is 17.9 Å². The molecule has 3 amide bonds. The Balaban J connectivity index is 1.04. The van der Waals surface area contributed by atoms with E-state index in [1.807, 2.05) is 115 Å². The van der Waals surface area contributed by atoms with E-state index < -0.39 is 30.4 Å². The second kappa shape index (κ2) is 18.8. The minimum absolute atomic E-state index is 0.0334. The summed E-state index contributed by atoms with van der Waals surface area (Å²) in [5.74, 6) is -0.865. The third-order valence-corrected chi connectivity index (χ3v) is 10.9. The number of nitrogens with zero attached hydrogens (tertiary/aromatic N) is 2. The van der Waals surface area contributed by atoms with Gasteiger partial charge in [0.2, 0.25) is 5.91 Å². The number of carbonyl (C=O) groups is 3. The highest BCUT2D eigenvalue weighted by Gasteiger charge is 2.41. The van der Waals surface area contributed by atoms with Crippen LogP contribution in [0.25, 0.3) is 11.1 Å². The van der Waals surface area contributed by atoms with Crippen LogP contribution in [0.2, 0.25) is 0 Å². The number of alkyl carbamates (subject to hydrolysis) is 1. The molecule has 0 spiro atoms. The van der Waals surface area contributed by atoms with Crippen molar-refractivity contribution in [3.8, 4) is 16.9 Å². The Kier molecular flexibility index (Phi) is 13.1. The van der Waals surface area contributed by atoms with Gasteiger partial charge < -0.3 is 39.7 Å². The second-order valence-electron chi connectivity index (χ2n) is 15.2.